The smallest absolute Gasteiger partial charge is 0.262 e. The van der Waals surface area contributed by atoms with Gasteiger partial charge in [-0.1, -0.05) is 29.8 Å². The fourth-order valence-corrected chi connectivity index (χ4v) is 2.85. The van der Waals surface area contributed by atoms with E-state index in [9.17, 15) is 9.59 Å². The van der Waals surface area contributed by atoms with Gasteiger partial charge in [-0.25, -0.2) is 0 Å². The highest BCUT2D eigenvalue weighted by Crippen LogP contribution is 2.19. The summed E-state index contributed by atoms with van der Waals surface area (Å²) in [5.74, 6) is 0.0707. The molecule has 0 bridgehead atoms. The molecule has 0 saturated carbocycles. The molecule has 5 nitrogen and oxygen atoms in total. The third-order valence-corrected chi connectivity index (χ3v) is 4.57. The summed E-state index contributed by atoms with van der Waals surface area (Å²) in [4.78, 5) is 24.5. The highest BCUT2D eigenvalue weighted by atomic mass is 35.5. The van der Waals surface area contributed by atoms with Gasteiger partial charge in [0.05, 0.1) is 0 Å². The van der Waals surface area contributed by atoms with E-state index in [1.165, 1.54) is 5.56 Å². The van der Waals surface area contributed by atoms with Crippen LogP contribution in [0.3, 0.4) is 0 Å². The Balaban J connectivity index is 1.58. The van der Waals surface area contributed by atoms with Crippen LogP contribution >= 0.6 is 11.6 Å². The summed E-state index contributed by atoms with van der Waals surface area (Å²) in [6.45, 7) is 3.90. The number of halogens is 1. The van der Waals surface area contributed by atoms with Gasteiger partial charge in [-0.05, 0) is 73.5 Å². The van der Waals surface area contributed by atoms with Crippen LogP contribution in [0.15, 0.2) is 66.7 Å². The molecule has 0 aliphatic rings. The molecule has 3 rings (SSSR count). The van der Waals surface area contributed by atoms with Crippen molar-refractivity contribution in [3.8, 4) is 5.75 Å². The first kappa shape index (κ1) is 20.4. The minimum Gasteiger partial charge on any atom is -0.484 e. The summed E-state index contributed by atoms with van der Waals surface area (Å²) in [6, 6.07) is 19.3. The third kappa shape index (κ3) is 5.83. The van der Waals surface area contributed by atoms with Gasteiger partial charge in [0.25, 0.3) is 11.8 Å². The summed E-state index contributed by atoms with van der Waals surface area (Å²) in [6.07, 6.45) is 0. The number of aryl methyl sites for hydroxylation is 2. The van der Waals surface area contributed by atoms with E-state index in [1.54, 1.807) is 48.5 Å². The largest absolute Gasteiger partial charge is 0.484 e. The zero-order chi connectivity index (χ0) is 20.8. The van der Waals surface area contributed by atoms with Gasteiger partial charge in [-0.15, -0.1) is 0 Å². The molecule has 29 heavy (non-hydrogen) atoms. The number of anilines is 2. The normalized spacial score (nSPS) is 10.3. The number of carbonyl (C=O) groups is 2. The predicted octanol–water partition coefficient (Wildman–Crippen LogP) is 5.23. The predicted molar refractivity (Wildman–Crippen MR) is 116 cm³/mol. The lowest BCUT2D eigenvalue weighted by atomic mass is 10.1. The van der Waals surface area contributed by atoms with Crippen LogP contribution < -0.4 is 15.4 Å². The van der Waals surface area contributed by atoms with Crippen LogP contribution in [-0.2, 0) is 4.79 Å². The second kappa shape index (κ2) is 9.26. The average molecular weight is 409 g/mol. The van der Waals surface area contributed by atoms with E-state index in [0.717, 1.165) is 5.56 Å². The maximum Gasteiger partial charge on any atom is 0.262 e. The van der Waals surface area contributed by atoms with Gasteiger partial charge < -0.3 is 15.4 Å². The van der Waals surface area contributed by atoms with Crippen LogP contribution in [0.1, 0.15) is 21.5 Å². The van der Waals surface area contributed by atoms with Crippen molar-refractivity contribution in [3.63, 3.8) is 0 Å². The fraction of sp³-hybridized carbons (Fsp3) is 0.130. The lowest BCUT2D eigenvalue weighted by molar-refractivity contribution is -0.118. The van der Waals surface area contributed by atoms with E-state index in [2.05, 4.69) is 10.6 Å². The van der Waals surface area contributed by atoms with Crippen LogP contribution in [-0.4, -0.2) is 18.4 Å². The molecule has 3 aromatic rings. The van der Waals surface area contributed by atoms with Crippen molar-refractivity contribution in [2.24, 2.45) is 0 Å². The molecule has 0 atom stereocenters. The summed E-state index contributed by atoms with van der Waals surface area (Å²) in [5, 5.41) is 6.04. The monoisotopic (exact) mass is 408 g/mol. The third-order valence-electron chi connectivity index (χ3n) is 4.34. The minimum atomic E-state index is -0.290. The summed E-state index contributed by atoms with van der Waals surface area (Å²) >= 11 is 5.93. The zero-order valence-corrected chi connectivity index (χ0v) is 16.9. The first-order valence-corrected chi connectivity index (χ1v) is 9.45. The number of ether oxygens (including phenoxy) is 1. The van der Waals surface area contributed by atoms with Gasteiger partial charge in [0.15, 0.2) is 6.61 Å². The molecule has 2 N–H and O–H groups in total. The van der Waals surface area contributed by atoms with E-state index in [0.29, 0.717) is 27.7 Å². The SMILES string of the molecule is Cc1ccc(OCC(=O)Nc2cccc(NC(=O)c3cccc(Cl)c3)c2)cc1C. The molecule has 0 heterocycles. The summed E-state index contributed by atoms with van der Waals surface area (Å²) < 4.78 is 5.55. The number of hydrogen-bond acceptors (Lipinski definition) is 3. The van der Waals surface area contributed by atoms with Crippen molar-refractivity contribution in [3.05, 3.63) is 88.4 Å². The number of nitrogens with one attached hydrogen (secondary N) is 2. The first-order chi connectivity index (χ1) is 13.9. The van der Waals surface area contributed by atoms with E-state index < -0.39 is 0 Å². The van der Waals surface area contributed by atoms with Crippen molar-refractivity contribution in [1.29, 1.82) is 0 Å². The Kier molecular flexibility index (Phi) is 6.52. The molecular formula is C23H21ClN2O3. The van der Waals surface area contributed by atoms with Crippen LogP contribution in [0.2, 0.25) is 5.02 Å². The van der Waals surface area contributed by atoms with E-state index in [4.69, 9.17) is 16.3 Å². The Morgan fingerprint density at radius 3 is 2.31 bits per heavy atom. The molecule has 0 spiro atoms. The van der Waals surface area contributed by atoms with Gasteiger partial charge in [0.1, 0.15) is 5.75 Å². The minimum absolute atomic E-state index is 0.110. The Morgan fingerprint density at radius 2 is 1.59 bits per heavy atom. The number of benzene rings is 3. The Bertz CT molecular complexity index is 1050. The van der Waals surface area contributed by atoms with Crippen molar-refractivity contribution in [2.75, 3.05) is 17.2 Å². The lowest BCUT2D eigenvalue weighted by Gasteiger charge is -2.11. The first-order valence-electron chi connectivity index (χ1n) is 9.07. The number of amides is 2. The average Bonchev–Trinajstić information content (AvgIpc) is 2.69. The van der Waals surface area contributed by atoms with E-state index in [-0.39, 0.29) is 18.4 Å². The summed E-state index contributed by atoms with van der Waals surface area (Å²) in [5.41, 5.74) is 3.84. The van der Waals surface area contributed by atoms with Crippen molar-refractivity contribution < 1.29 is 14.3 Å². The molecule has 2 amide bonds. The molecule has 0 aromatic heterocycles. The molecular weight excluding hydrogens is 388 g/mol. The Labute approximate surface area is 174 Å². The van der Waals surface area contributed by atoms with Gasteiger partial charge in [-0.2, -0.15) is 0 Å². The van der Waals surface area contributed by atoms with E-state index in [1.807, 2.05) is 32.0 Å². The van der Waals surface area contributed by atoms with Gasteiger partial charge in [0.2, 0.25) is 0 Å². The lowest BCUT2D eigenvalue weighted by Crippen LogP contribution is -2.20. The van der Waals surface area contributed by atoms with Crippen LogP contribution in [0.4, 0.5) is 11.4 Å². The van der Waals surface area contributed by atoms with Crippen molar-refractivity contribution in [1.82, 2.24) is 0 Å². The standard InChI is InChI=1S/C23H21ClN2O3/c1-15-9-10-21(11-16(15)2)29-14-22(27)25-19-7-4-8-20(13-19)26-23(28)17-5-3-6-18(24)12-17/h3-13H,14H2,1-2H3,(H,25,27)(H,26,28). The topological polar surface area (TPSA) is 67.4 Å². The van der Waals surface area contributed by atoms with Crippen LogP contribution in [0.5, 0.6) is 5.75 Å². The van der Waals surface area contributed by atoms with Gasteiger partial charge in [-0.3, -0.25) is 9.59 Å². The maximum absolute atomic E-state index is 12.3. The van der Waals surface area contributed by atoms with Gasteiger partial charge >= 0.3 is 0 Å². The quantitative estimate of drug-likeness (QED) is 0.587. The highest BCUT2D eigenvalue weighted by molar-refractivity contribution is 6.31. The molecule has 0 aliphatic carbocycles. The molecule has 148 valence electrons. The molecule has 0 unspecified atom stereocenters. The molecule has 0 saturated heterocycles. The molecule has 0 fully saturated rings. The number of rotatable bonds is 6. The van der Waals surface area contributed by atoms with Crippen molar-refractivity contribution >= 4 is 34.8 Å². The number of carbonyl (C=O) groups excluding carboxylic acids is 2. The van der Waals surface area contributed by atoms with Gasteiger partial charge in [0, 0.05) is 22.0 Å². The highest BCUT2D eigenvalue weighted by Gasteiger charge is 2.09. The van der Waals surface area contributed by atoms with Crippen LogP contribution in [0.25, 0.3) is 0 Å². The Morgan fingerprint density at radius 1 is 0.862 bits per heavy atom. The summed E-state index contributed by atoms with van der Waals surface area (Å²) in [7, 11) is 0. The van der Waals surface area contributed by atoms with Crippen LogP contribution in [0, 0.1) is 13.8 Å². The van der Waals surface area contributed by atoms with Crippen molar-refractivity contribution in [2.45, 2.75) is 13.8 Å². The number of hydrogen-bond donors (Lipinski definition) is 2. The molecule has 0 aliphatic heterocycles. The maximum atomic E-state index is 12.3. The molecule has 3 aromatic carbocycles. The second-order valence-electron chi connectivity index (χ2n) is 6.63. The Hall–Kier alpha value is -3.31. The molecule has 6 heteroatoms. The second-order valence-corrected chi connectivity index (χ2v) is 7.06. The van der Waals surface area contributed by atoms with E-state index >= 15 is 0 Å². The zero-order valence-electron chi connectivity index (χ0n) is 16.2. The fourth-order valence-electron chi connectivity index (χ4n) is 2.66. The molecule has 0 radical (unpaired) electrons.